The van der Waals surface area contributed by atoms with Gasteiger partial charge in [-0.25, -0.2) is 9.80 Å². The Labute approximate surface area is 110 Å². The molecule has 0 spiro atoms. The van der Waals surface area contributed by atoms with E-state index in [1.807, 2.05) is 19.1 Å². The molecular formula is C13H13ClN2O2. The summed E-state index contributed by atoms with van der Waals surface area (Å²) in [6, 6.07) is 7.13. The number of halogens is 1. The van der Waals surface area contributed by atoms with E-state index in [2.05, 4.69) is 5.10 Å². The highest BCUT2D eigenvalue weighted by molar-refractivity contribution is 6.36. The van der Waals surface area contributed by atoms with E-state index in [0.29, 0.717) is 11.4 Å². The first kappa shape index (κ1) is 12.6. The first-order valence-electron chi connectivity index (χ1n) is 5.61. The van der Waals surface area contributed by atoms with Crippen LogP contribution in [0.3, 0.4) is 0 Å². The fourth-order valence-corrected chi connectivity index (χ4v) is 1.92. The standard InChI is InChI=1S/C13H13ClN2O2/c1-9-4-3-7-16(15-12(9)13(17)18)11-6-2-5-10(14)8-11/h2-3,5-9H,4H2,1H3,(H,17,18). The molecule has 5 heteroatoms. The SMILES string of the molecule is CC1CC=CN(c2cccc(Cl)c2)N=C1C(=O)O. The highest BCUT2D eigenvalue weighted by Crippen LogP contribution is 2.23. The van der Waals surface area contributed by atoms with Gasteiger partial charge in [0.25, 0.3) is 0 Å². The van der Waals surface area contributed by atoms with E-state index in [0.717, 1.165) is 5.69 Å². The minimum absolute atomic E-state index is 0.108. The molecule has 1 aromatic carbocycles. The fraction of sp³-hybridized carbons (Fsp3) is 0.231. The second kappa shape index (κ2) is 5.23. The lowest BCUT2D eigenvalue weighted by atomic mass is 10.0. The Morgan fingerprint density at radius 3 is 3.00 bits per heavy atom. The van der Waals surface area contributed by atoms with Gasteiger partial charge in [-0.2, -0.15) is 5.10 Å². The number of carboxylic acid groups (broad SMARTS) is 1. The Balaban J connectivity index is 2.40. The van der Waals surface area contributed by atoms with Crippen LogP contribution in [0.2, 0.25) is 5.02 Å². The summed E-state index contributed by atoms with van der Waals surface area (Å²) in [6.07, 6.45) is 4.32. The molecule has 4 nitrogen and oxygen atoms in total. The number of hydrogen-bond donors (Lipinski definition) is 1. The Morgan fingerprint density at radius 2 is 2.33 bits per heavy atom. The van der Waals surface area contributed by atoms with E-state index < -0.39 is 5.97 Å². The van der Waals surface area contributed by atoms with Crippen LogP contribution in [0, 0.1) is 5.92 Å². The summed E-state index contributed by atoms with van der Waals surface area (Å²) in [5, 5.41) is 15.4. The second-order valence-electron chi connectivity index (χ2n) is 4.14. The molecule has 0 aromatic heterocycles. The van der Waals surface area contributed by atoms with E-state index in [9.17, 15) is 4.79 Å². The Morgan fingerprint density at radius 1 is 1.56 bits per heavy atom. The molecule has 1 unspecified atom stereocenters. The van der Waals surface area contributed by atoms with Crippen LogP contribution in [0.25, 0.3) is 0 Å². The number of benzene rings is 1. The smallest absolute Gasteiger partial charge is 0.352 e. The largest absolute Gasteiger partial charge is 0.477 e. The predicted octanol–water partition coefficient (Wildman–Crippen LogP) is 3.14. The van der Waals surface area contributed by atoms with Crippen molar-refractivity contribution in [3.63, 3.8) is 0 Å². The Bertz CT molecular complexity index is 525. The summed E-state index contributed by atoms with van der Waals surface area (Å²) < 4.78 is 0. The third-order valence-electron chi connectivity index (χ3n) is 2.71. The zero-order chi connectivity index (χ0) is 13.1. The number of carboxylic acids is 1. The molecule has 2 rings (SSSR count). The minimum Gasteiger partial charge on any atom is -0.477 e. The maximum absolute atomic E-state index is 11.2. The zero-order valence-corrected chi connectivity index (χ0v) is 10.6. The van der Waals surface area contributed by atoms with Gasteiger partial charge in [-0.3, -0.25) is 0 Å². The van der Waals surface area contributed by atoms with Gasteiger partial charge in [-0.1, -0.05) is 30.7 Å². The first-order valence-corrected chi connectivity index (χ1v) is 5.99. The van der Waals surface area contributed by atoms with Crippen molar-refractivity contribution < 1.29 is 9.90 Å². The van der Waals surface area contributed by atoms with Crippen molar-refractivity contribution in [1.29, 1.82) is 0 Å². The van der Waals surface area contributed by atoms with Crippen LogP contribution < -0.4 is 5.01 Å². The van der Waals surface area contributed by atoms with Gasteiger partial charge in [0.15, 0.2) is 0 Å². The van der Waals surface area contributed by atoms with E-state index in [-0.39, 0.29) is 11.6 Å². The lowest BCUT2D eigenvalue weighted by Gasteiger charge is -2.15. The molecule has 1 N–H and O–H groups in total. The summed E-state index contributed by atoms with van der Waals surface area (Å²) in [6.45, 7) is 1.85. The first-order chi connectivity index (χ1) is 8.58. The number of nitrogens with zero attached hydrogens (tertiary/aromatic N) is 2. The summed E-state index contributed by atoms with van der Waals surface area (Å²) in [4.78, 5) is 11.2. The molecule has 0 bridgehead atoms. The number of carbonyl (C=O) groups is 1. The summed E-state index contributed by atoms with van der Waals surface area (Å²) in [5.41, 5.74) is 0.895. The number of anilines is 1. The monoisotopic (exact) mass is 264 g/mol. The van der Waals surface area contributed by atoms with Crippen molar-refractivity contribution in [2.75, 3.05) is 5.01 Å². The van der Waals surface area contributed by atoms with Gasteiger partial charge in [0, 0.05) is 17.1 Å². The maximum atomic E-state index is 11.2. The minimum atomic E-state index is -0.988. The normalized spacial score (nSPS) is 19.3. The molecule has 94 valence electrons. The molecule has 0 saturated carbocycles. The molecule has 0 radical (unpaired) electrons. The van der Waals surface area contributed by atoms with E-state index in [1.54, 1.807) is 29.4 Å². The zero-order valence-electron chi connectivity index (χ0n) is 9.88. The average molecular weight is 265 g/mol. The molecule has 1 aromatic rings. The Hall–Kier alpha value is -1.81. The topological polar surface area (TPSA) is 52.9 Å². The van der Waals surface area contributed by atoms with Crippen molar-refractivity contribution in [2.24, 2.45) is 11.0 Å². The van der Waals surface area contributed by atoms with Gasteiger partial charge in [-0.05, 0) is 24.6 Å². The summed E-state index contributed by atoms with van der Waals surface area (Å²) in [5.74, 6) is -1.10. The van der Waals surface area contributed by atoms with Crippen LogP contribution in [0.1, 0.15) is 13.3 Å². The van der Waals surface area contributed by atoms with Crippen molar-refractivity contribution in [3.05, 3.63) is 41.6 Å². The van der Waals surface area contributed by atoms with Gasteiger partial charge in [0.2, 0.25) is 0 Å². The van der Waals surface area contributed by atoms with E-state index in [1.165, 1.54) is 0 Å². The highest BCUT2D eigenvalue weighted by Gasteiger charge is 2.21. The Kier molecular flexibility index (Phi) is 3.67. The average Bonchev–Trinajstić information content (AvgIpc) is 2.51. The highest BCUT2D eigenvalue weighted by atomic mass is 35.5. The van der Waals surface area contributed by atoms with Crippen LogP contribution in [0.15, 0.2) is 41.6 Å². The van der Waals surface area contributed by atoms with Crippen LogP contribution in [0.5, 0.6) is 0 Å². The van der Waals surface area contributed by atoms with Crippen LogP contribution in [-0.2, 0) is 4.79 Å². The van der Waals surface area contributed by atoms with Crippen molar-refractivity contribution in [2.45, 2.75) is 13.3 Å². The molecule has 1 heterocycles. The third kappa shape index (κ3) is 2.71. The number of aliphatic carboxylic acids is 1. The third-order valence-corrected chi connectivity index (χ3v) is 2.95. The van der Waals surface area contributed by atoms with E-state index >= 15 is 0 Å². The summed E-state index contributed by atoms with van der Waals surface area (Å²) >= 11 is 5.92. The molecule has 0 fully saturated rings. The number of allylic oxidation sites excluding steroid dienone is 1. The van der Waals surface area contributed by atoms with Crippen LogP contribution in [0.4, 0.5) is 5.69 Å². The molecule has 1 aliphatic heterocycles. The lowest BCUT2D eigenvalue weighted by molar-refractivity contribution is -0.129. The predicted molar refractivity (Wildman–Crippen MR) is 71.9 cm³/mol. The van der Waals surface area contributed by atoms with Gasteiger partial charge < -0.3 is 5.11 Å². The molecule has 18 heavy (non-hydrogen) atoms. The molecule has 1 atom stereocenters. The van der Waals surface area contributed by atoms with Crippen LogP contribution >= 0.6 is 11.6 Å². The number of rotatable bonds is 2. The van der Waals surface area contributed by atoms with Crippen LogP contribution in [-0.4, -0.2) is 16.8 Å². The number of hydrogen-bond acceptors (Lipinski definition) is 3. The lowest BCUT2D eigenvalue weighted by Crippen LogP contribution is -2.23. The second-order valence-corrected chi connectivity index (χ2v) is 4.57. The quantitative estimate of drug-likeness (QED) is 0.893. The van der Waals surface area contributed by atoms with E-state index in [4.69, 9.17) is 16.7 Å². The van der Waals surface area contributed by atoms with Crippen molar-refractivity contribution in [3.8, 4) is 0 Å². The van der Waals surface area contributed by atoms with Gasteiger partial charge in [-0.15, -0.1) is 0 Å². The molecular weight excluding hydrogens is 252 g/mol. The molecule has 0 aliphatic carbocycles. The fourth-order valence-electron chi connectivity index (χ4n) is 1.74. The molecule has 1 aliphatic rings. The summed E-state index contributed by atoms with van der Waals surface area (Å²) in [7, 11) is 0. The van der Waals surface area contributed by atoms with Gasteiger partial charge in [0.1, 0.15) is 5.71 Å². The molecule has 0 amide bonds. The van der Waals surface area contributed by atoms with Gasteiger partial charge >= 0.3 is 5.97 Å². The maximum Gasteiger partial charge on any atom is 0.352 e. The van der Waals surface area contributed by atoms with Gasteiger partial charge in [0.05, 0.1) is 5.69 Å². The number of hydrazone groups is 1. The van der Waals surface area contributed by atoms with Crippen molar-refractivity contribution in [1.82, 2.24) is 0 Å². The van der Waals surface area contributed by atoms with Crippen molar-refractivity contribution >= 4 is 29.0 Å². The molecule has 0 saturated heterocycles.